The fraction of sp³-hybridized carbons (Fsp3) is 0.857. The fourth-order valence-corrected chi connectivity index (χ4v) is 3.69. The fourth-order valence-electron chi connectivity index (χ4n) is 1.24. The van der Waals surface area contributed by atoms with Gasteiger partial charge in [-0.15, -0.1) is 0 Å². The van der Waals surface area contributed by atoms with E-state index in [2.05, 4.69) is 38.5 Å². The van der Waals surface area contributed by atoms with Crippen molar-refractivity contribution in [2.75, 3.05) is 0 Å². The van der Waals surface area contributed by atoms with Gasteiger partial charge in [-0.2, -0.15) is 0 Å². The second-order valence-corrected chi connectivity index (χ2v) is 5.66. The van der Waals surface area contributed by atoms with E-state index in [0.717, 1.165) is 23.1 Å². The molecule has 3 atom stereocenters. The van der Waals surface area contributed by atoms with Crippen molar-refractivity contribution in [2.24, 2.45) is 5.92 Å². The zero-order chi connectivity index (χ0) is 7.56. The lowest BCUT2D eigenvalue weighted by molar-refractivity contribution is -0.111. The summed E-state index contributed by atoms with van der Waals surface area (Å²) in [6.45, 7) is 0. The van der Waals surface area contributed by atoms with Gasteiger partial charge in [0.05, 0.1) is 0 Å². The molecule has 0 aromatic carbocycles. The minimum absolute atomic E-state index is 0.269. The first-order chi connectivity index (χ1) is 4.74. The van der Waals surface area contributed by atoms with Crippen molar-refractivity contribution in [1.82, 2.24) is 0 Å². The third-order valence-electron chi connectivity index (χ3n) is 1.93. The highest BCUT2D eigenvalue weighted by Gasteiger charge is 2.26. The van der Waals surface area contributed by atoms with Gasteiger partial charge in [-0.25, -0.2) is 0 Å². The van der Waals surface area contributed by atoms with E-state index >= 15 is 0 Å². The van der Waals surface area contributed by atoms with Crippen LogP contribution in [0.3, 0.4) is 0 Å². The lowest BCUT2D eigenvalue weighted by Crippen LogP contribution is -2.25. The van der Waals surface area contributed by atoms with Gasteiger partial charge in [0.15, 0.2) is 0 Å². The van der Waals surface area contributed by atoms with Crippen molar-refractivity contribution >= 4 is 44.8 Å². The van der Waals surface area contributed by atoms with Gasteiger partial charge in [0.1, 0.15) is 6.29 Å². The Hall–Kier alpha value is 0.880. The van der Waals surface area contributed by atoms with Crippen LogP contribution in [0.15, 0.2) is 0 Å². The zero-order valence-electron chi connectivity index (χ0n) is 5.59. The highest BCUT2D eigenvalue weighted by atomic mass is 127. The van der Waals surface area contributed by atoms with Crippen LogP contribution in [0.1, 0.15) is 19.3 Å². The molecule has 1 aliphatic carbocycles. The van der Waals surface area contributed by atoms with E-state index in [0.29, 0.717) is 4.83 Å². The first kappa shape index (κ1) is 8.97. The molecule has 0 heterocycles. The summed E-state index contributed by atoms with van der Waals surface area (Å²) in [5, 5.41) is 0. The zero-order valence-corrected chi connectivity index (χ0v) is 9.34. The third-order valence-corrected chi connectivity index (χ3v) is 4.12. The molecule has 0 aliphatic heterocycles. The summed E-state index contributed by atoms with van der Waals surface area (Å²) in [6, 6.07) is 0. The Morgan fingerprint density at radius 2 is 2.20 bits per heavy atom. The van der Waals surface area contributed by atoms with Crippen molar-refractivity contribution in [3.05, 3.63) is 0 Å². The van der Waals surface area contributed by atoms with Gasteiger partial charge in [0.25, 0.3) is 0 Å². The highest BCUT2D eigenvalue weighted by molar-refractivity contribution is 14.1. The highest BCUT2D eigenvalue weighted by Crippen LogP contribution is 2.32. The Bertz CT molecular complexity index is 129. The predicted octanol–water partition coefficient (Wildman–Crippen LogP) is 2.55. The SMILES string of the molecule is O=CC1CCC(I)CC1Br. The predicted molar refractivity (Wildman–Crippen MR) is 53.9 cm³/mol. The number of halogens is 2. The summed E-state index contributed by atoms with van der Waals surface area (Å²) in [6.07, 6.45) is 4.49. The first-order valence-corrected chi connectivity index (χ1v) is 5.63. The molecule has 1 saturated carbocycles. The Balaban J connectivity index is 2.43. The second-order valence-electron chi connectivity index (χ2n) is 2.73. The molecule has 3 unspecified atom stereocenters. The molecule has 0 N–H and O–H groups in total. The summed E-state index contributed by atoms with van der Waals surface area (Å²) in [4.78, 5) is 10.9. The quantitative estimate of drug-likeness (QED) is 0.413. The molecule has 3 heteroatoms. The van der Waals surface area contributed by atoms with Crippen LogP contribution in [0.5, 0.6) is 0 Å². The van der Waals surface area contributed by atoms with E-state index < -0.39 is 0 Å². The van der Waals surface area contributed by atoms with E-state index in [4.69, 9.17) is 0 Å². The van der Waals surface area contributed by atoms with Crippen LogP contribution in [0.4, 0.5) is 0 Å². The minimum atomic E-state index is 0.269. The van der Waals surface area contributed by atoms with Gasteiger partial charge in [0.2, 0.25) is 0 Å². The van der Waals surface area contributed by atoms with Gasteiger partial charge in [-0.05, 0) is 19.3 Å². The van der Waals surface area contributed by atoms with Crippen molar-refractivity contribution in [3.8, 4) is 0 Å². The third kappa shape index (κ3) is 2.19. The molecule has 1 rings (SSSR count). The lowest BCUT2D eigenvalue weighted by Gasteiger charge is -2.26. The molecule has 58 valence electrons. The molecule has 0 saturated heterocycles. The van der Waals surface area contributed by atoms with Crippen LogP contribution in [-0.4, -0.2) is 15.0 Å². The Kier molecular flexibility index (Phi) is 3.63. The number of hydrogen-bond acceptors (Lipinski definition) is 1. The molecule has 1 aliphatic rings. The molecule has 0 spiro atoms. The number of alkyl halides is 2. The van der Waals surface area contributed by atoms with Crippen molar-refractivity contribution in [2.45, 2.75) is 28.0 Å². The molecular weight excluding hydrogens is 307 g/mol. The Labute approximate surface area is 83.2 Å². The number of carbonyl (C=O) groups is 1. The second kappa shape index (κ2) is 4.04. The summed E-state index contributed by atoms with van der Waals surface area (Å²) >= 11 is 5.97. The molecule has 0 aromatic rings. The monoisotopic (exact) mass is 316 g/mol. The van der Waals surface area contributed by atoms with Crippen LogP contribution < -0.4 is 0 Å². The number of carbonyl (C=O) groups excluding carboxylic acids is 1. The van der Waals surface area contributed by atoms with Gasteiger partial charge < -0.3 is 4.79 Å². The lowest BCUT2D eigenvalue weighted by atomic mass is 9.90. The normalized spacial score (nSPS) is 41.2. The van der Waals surface area contributed by atoms with E-state index in [9.17, 15) is 4.79 Å². The molecule has 0 amide bonds. The maximum Gasteiger partial charge on any atom is 0.124 e. The number of rotatable bonds is 1. The van der Waals surface area contributed by atoms with Crippen molar-refractivity contribution in [1.29, 1.82) is 0 Å². The van der Waals surface area contributed by atoms with Gasteiger partial charge in [-0.1, -0.05) is 38.5 Å². The van der Waals surface area contributed by atoms with E-state index in [1.54, 1.807) is 0 Å². The molecule has 1 nitrogen and oxygen atoms in total. The van der Waals surface area contributed by atoms with Crippen LogP contribution in [0.25, 0.3) is 0 Å². The smallest absolute Gasteiger partial charge is 0.124 e. The minimum Gasteiger partial charge on any atom is -0.303 e. The Morgan fingerprint density at radius 1 is 1.50 bits per heavy atom. The average Bonchev–Trinajstić information content (AvgIpc) is 1.88. The maximum atomic E-state index is 10.4. The first-order valence-electron chi connectivity index (χ1n) is 3.47. The van der Waals surface area contributed by atoms with Crippen molar-refractivity contribution in [3.63, 3.8) is 0 Å². The van der Waals surface area contributed by atoms with Crippen LogP contribution in [0.2, 0.25) is 0 Å². The Morgan fingerprint density at radius 3 is 2.70 bits per heavy atom. The van der Waals surface area contributed by atoms with Crippen LogP contribution in [0, 0.1) is 5.92 Å². The van der Waals surface area contributed by atoms with E-state index in [1.165, 1.54) is 6.42 Å². The summed E-state index contributed by atoms with van der Waals surface area (Å²) < 4.78 is 0.762. The van der Waals surface area contributed by atoms with Crippen molar-refractivity contribution < 1.29 is 4.79 Å². The molecule has 0 radical (unpaired) electrons. The summed E-state index contributed by atoms with van der Waals surface area (Å²) in [7, 11) is 0. The van der Waals surface area contributed by atoms with Gasteiger partial charge in [0, 0.05) is 14.7 Å². The standard InChI is InChI=1S/C7H10BrIO/c8-7-3-6(9)2-1-5(7)4-10/h4-7H,1-3H2. The largest absolute Gasteiger partial charge is 0.303 e. The summed E-state index contributed by atoms with van der Waals surface area (Å²) in [5.74, 6) is 0.269. The van der Waals surface area contributed by atoms with E-state index in [1.807, 2.05) is 0 Å². The maximum absolute atomic E-state index is 10.4. The molecule has 1 fully saturated rings. The van der Waals surface area contributed by atoms with E-state index in [-0.39, 0.29) is 5.92 Å². The number of aldehydes is 1. The van der Waals surface area contributed by atoms with Gasteiger partial charge in [-0.3, -0.25) is 0 Å². The number of hydrogen-bond donors (Lipinski definition) is 0. The van der Waals surface area contributed by atoms with Crippen LogP contribution >= 0.6 is 38.5 Å². The molecular formula is C7H10BrIO. The summed E-state index contributed by atoms with van der Waals surface area (Å²) in [5.41, 5.74) is 0. The molecule has 0 aromatic heterocycles. The average molecular weight is 317 g/mol. The van der Waals surface area contributed by atoms with Crippen LogP contribution in [-0.2, 0) is 4.79 Å². The molecule has 10 heavy (non-hydrogen) atoms. The molecule has 0 bridgehead atoms. The topological polar surface area (TPSA) is 17.1 Å². The van der Waals surface area contributed by atoms with Gasteiger partial charge >= 0.3 is 0 Å².